The van der Waals surface area contributed by atoms with Gasteiger partial charge in [-0.25, -0.2) is 17.5 Å². The summed E-state index contributed by atoms with van der Waals surface area (Å²) in [6, 6.07) is 12.5. The van der Waals surface area contributed by atoms with E-state index in [1.54, 1.807) is 24.3 Å². The van der Waals surface area contributed by atoms with Crippen LogP contribution < -0.4 is 10.2 Å². The van der Waals surface area contributed by atoms with Crippen molar-refractivity contribution in [3.8, 4) is 0 Å². The first-order valence-corrected chi connectivity index (χ1v) is 9.82. The molecule has 0 radical (unpaired) electrons. The number of sulfonamides is 1. The number of anilines is 2. The highest BCUT2D eigenvalue weighted by Gasteiger charge is 2.17. The van der Waals surface area contributed by atoms with Gasteiger partial charge in [-0.3, -0.25) is 4.79 Å². The van der Waals surface area contributed by atoms with Gasteiger partial charge in [-0.05, 0) is 48.5 Å². The van der Waals surface area contributed by atoms with Crippen molar-refractivity contribution in [3.63, 3.8) is 0 Å². The summed E-state index contributed by atoms with van der Waals surface area (Å²) in [5.74, 6) is -1.13. The van der Waals surface area contributed by atoms with Crippen LogP contribution in [0.2, 0.25) is 0 Å². The average molecular weight is 405 g/mol. The fourth-order valence-electron chi connectivity index (χ4n) is 2.23. The highest BCUT2D eigenvalue weighted by Crippen LogP contribution is 2.17. The fraction of sp³-hybridized carbons (Fsp3) is 0.263. The summed E-state index contributed by atoms with van der Waals surface area (Å²) in [4.78, 5) is 26.0. The van der Waals surface area contributed by atoms with Crippen LogP contribution in [0.5, 0.6) is 0 Å². The molecular formula is C19H23N3O5S. The Labute approximate surface area is 164 Å². The normalized spacial score (nSPS) is 11.2. The highest BCUT2D eigenvalue weighted by molar-refractivity contribution is 7.89. The van der Waals surface area contributed by atoms with Gasteiger partial charge < -0.3 is 15.0 Å². The predicted molar refractivity (Wildman–Crippen MR) is 107 cm³/mol. The zero-order chi connectivity index (χ0) is 20.9. The van der Waals surface area contributed by atoms with Crippen LogP contribution in [0, 0.1) is 0 Å². The number of carbonyl (C=O) groups excluding carboxylic acids is 2. The Kier molecular flexibility index (Phi) is 6.76. The van der Waals surface area contributed by atoms with E-state index < -0.39 is 28.5 Å². The summed E-state index contributed by atoms with van der Waals surface area (Å²) in [6.45, 7) is -0.452. The molecule has 0 aromatic heterocycles. The molecule has 0 saturated carbocycles. The van der Waals surface area contributed by atoms with Gasteiger partial charge in [-0.2, -0.15) is 0 Å². The third kappa shape index (κ3) is 5.30. The molecule has 0 unspecified atom stereocenters. The molecule has 0 heterocycles. The molecule has 0 aliphatic carbocycles. The largest absolute Gasteiger partial charge is 0.452 e. The van der Waals surface area contributed by atoms with Crippen molar-refractivity contribution in [2.24, 2.45) is 0 Å². The Morgan fingerprint density at radius 3 is 2.00 bits per heavy atom. The summed E-state index contributed by atoms with van der Waals surface area (Å²) in [5.41, 5.74) is 1.68. The second kappa shape index (κ2) is 8.85. The number of amides is 1. The zero-order valence-corrected chi connectivity index (χ0v) is 17.0. The van der Waals surface area contributed by atoms with E-state index in [1.165, 1.54) is 38.4 Å². The van der Waals surface area contributed by atoms with Crippen LogP contribution >= 0.6 is 0 Å². The maximum atomic E-state index is 12.0. The minimum absolute atomic E-state index is 0.114. The first-order valence-electron chi connectivity index (χ1n) is 8.38. The Morgan fingerprint density at radius 2 is 1.50 bits per heavy atom. The summed E-state index contributed by atoms with van der Waals surface area (Å²) >= 11 is 0. The van der Waals surface area contributed by atoms with Gasteiger partial charge >= 0.3 is 5.97 Å². The molecule has 8 nitrogen and oxygen atoms in total. The molecule has 2 aromatic carbocycles. The monoisotopic (exact) mass is 405 g/mol. The zero-order valence-electron chi connectivity index (χ0n) is 16.2. The van der Waals surface area contributed by atoms with Gasteiger partial charge in [0.25, 0.3) is 5.91 Å². The Morgan fingerprint density at radius 1 is 0.929 bits per heavy atom. The van der Waals surface area contributed by atoms with Gasteiger partial charge in [0.1, 0.15) is 0 Å². The number of esters is 1. The number of benzene rings is 2. The van der Waals surface area contributed by atoms with Crippen molar-refractivity contribution in [2.45, 2.75) is 4.90 Å². The van der Waals surface area contributed by atoms with Crippen molar-refractivity contribution in [2.75, 3.05) is 45.0 Å². The van der Waals surface area contributed by atoms with Crippen molar-refractivity contribution in [1.29, 1.82) is 0 Å². The van der Waals surface area contributed by atoms with Gasteiger partial charge in [0.2, 0.25) is 10.0 Å². The summed E-state index contributed by atoms with van der Waals surface area (Å²) in [5, 5.41) is 2.55. The van der Waals surface area contributed by atoms with E-state index in [-0.39, 0.29) is 4.90 Å². The van der Waals surface area contributed by atoms with Crippen molar-refractivity contribution >= 4 is 33.3 Å². The maximum Gasteiger partial charge on any atom is 0.338 e. The van der Waals surface area contributed by atoms with Crippen LogP contribution in [0.4, 0.5) is 11.4 Å². The molecule has 0 aliphatic heterocycles. The Balaban J connectivity index is 1.91. The third-order valence-corrected chi connectivity index (χ3v) is 5.70. The molecule has 0 bridgehead atoms. The van der Waals surface area contributed by atoms with E-state index >= 15 is 0 Å². The lowest BCUT2D eigenvalue weighted by Crippen LogP contribution is -2.22. The first-order chi connectivity index (χ1) is 13.1. The highest BCUT2D eigenvalue weighted by atomic mass is 32.2. The summed E-state index contributed by atoms with van der Waals surface area (Å²) < 4.78 is 30.1. The number of carbonyl (C=O) groups is 2. The number of rotatable bonds is 7. The van der Waals surface area contributed by atoms with Crippen LogP contribution in [-0.4, -0.2) is 59.4 Å². The second-order valence-electron chi connectivity index (χ2n) is 6.38. The number of hydrogen-bond acceptors (Lipinski definition) is 6. The van der Waals surface area contributed by atoms with E-state index in [0.717, 1.165) is 9.99 Å². The molecule has 0 saturated heterocycles. The molecule has 9 heteroatoms. The standard InChI is InChI=1S/C19H23N3O5S/c1-21(2)16-9-5-14(6-10-16)19(24)27-13-18(23)20-15-7-11-17(12-8-15)28(25,26)22(3)4/h5-12H,13H2,1-4H3,(H,20,23). The topological polar surface area (TPSA) is 96.0 Å². The van der Waals surface area contributed by atoms with Gasteiger partial charge in [0, 0.05) is 39.6 Å². The molecule has 0 fully saturated rings. The molecular weight excluding hydrogens is 382 g/mol. The van der Waals surface area contributed by atoms with Crippen LogP contribution in [0.15, 0.2) is 53.4 Å². The minimum atomic E-state index is -3.53. The van der Waals surface area contributed by atoms with Crippen molar-refractivity contribution < 1.29 is 22.7 Å². The maximum absolute atomic E-state index is 12.0. The molecule has 1 amide bonds. The van der Waals surface area contributed by atoms with Gasteiger partial charge in [-0.15, -0.1) is 0 Å². The molecule has 2 aromatic rings. The number of hydrogen-bond donors (Lipinski definition) is 1. The SMILES string of the molecule is CN(C)c1ccc(C(=O)OCC(=O)Nc2ccc(S(=O)(=O)N(C)C)cc2)cc1. The molecule has 0 spiro atoms. The number of nitrogens with one attached hydrogen (secondary N) is 1. The van der Waals surface area contributed by atoms with Crippen LogP contribution in [0.3, 0.4) is 0 Å². The number of nitrogens with zero attached hydrogens (tertiary/aromatic N) is 2. The average Bonchev–Trinajstić information content (AvgIpc) is 2.66. The lowest BCUT2D eigenvalue weighted by Gasteiger charge is -2.13. The van der Waals surface area contributed by atoms with Gasteiger partial charge in [-0.1, -0.05) is 0 Å². The molecule has 28 heavy (non-hydrogen) atoms. The quantitative estimate of drug-likeness (QED) is 0.706. The smallest absolute Gasteiger partial charge is 0.338 e. The second-order valence-corrected chi connectivity index (χ2v) is 8.53. The van der Waals surface area contributed by atoms with E-state index in [1.807, 2.05) is 19.0 Å². The summed E-state index contributed by atoms with van der Waals surface area (Å²) in [6.07, 6.45) is 0. The fourth-order valence-corrected chi connectivity index (χ4v) is 3.13. The molecule has 0 atom stereocenters. The minimum Gasteiger partial charge on any atom is -0.452 e. The van der Waals surface area contributed by atoms with Crippen LogP contribution in [0.25, 0.3) is 0 Å². The van der Waals surface area contributed by atoms with Gasteiger partial charge in [0.15, 0.2) is 6.61 Å². The summed E-state index contributed by atoms with van der Waals surface area (Å²) in [7, 11) is 3.12. The number of ether oxygens (including phenoxy) is 1. The van der Waals surface area contributed by atoms with Crippen LogP contribution in [-0.2, 0) is 19.6 Å². The molecule has 150 valence electrons. The van der Waals surface area contributed by atoms with Crippen molar-refractivity contribution in [3.05, 3.63) is 54.1 Å². The third-order valence-electron chi connectivity index (χ3n) is 3.87. The Hall–Kier alpha value is -2.91. The molecule has 2 rings (SSSR count). The lowest BCUT2D eigenvalue weighted by molar-refractivity contribution is -0.119. The lowest BCUT2D eigenvalue weighted by atomic mass is 10.2. The Bertz CT molecular complexity index is 937. The molecule has 1 N–H and O–H groups in total. The molecule has 0 aliphatic rings. The first kappa shape index (κ1) is 21.4. The van der Waals surface area contributed by atoms with E-state index in [4.69, 9.17) is 4.74 Å². The van der Waals surface area contributed by atoms with E-state index in [9.17, 15) is 18.0 Å². The predicted octanol–water partition coefficient (Wildman–Crippen LogP) is 1.80. The van der Waals surface area contributed by atoms with Crippen molar-refractivity contribution in [1.82, 2.24) is 4.31 Å². The van der Waals surface area contributed by atoms with E-state index in [0.29, 0.717) is 11.3 Å². The van der Waals surface area contributed by atoms with Crippen LogP contribution in [0.1, 0.15) is 10.4 Å². The van der Waals surface area contributed by atoms with E-state index in [2.05, 4.69) is 5.32 Å². The van der Waals surface area contributed by atoms with Gasteiger partial charge in [0.05, 0.1) is 10.5 Å².